The zero-order valence-corrected chi connectivity index (χ0v) is 23.5. The van der Waals surface area contributed by atoms with Gasteiger partial charge in [0, 0.05) is 0 Å². The molecule has 0 heterocycles. The van der Waals surface area contributed by atoms with Gasteiger partial charge in [0.15, 0.2) is 0 Å². The normalized spacial score (nSPS) is 16.7. The van der Waals surface area contributed by atoms with Crippen LogP contribution >= 0.6 is 0 Å². The topological polar surface area (TPSA) is 98.7 Å². The highest BCUT2D eigenvalue weighted by molar-refractivity contribution is 6.06. The van der Waals surface area contributed by atoms with E-state index in [-0.39, 0.29) is 11.8 Å². The molecule has 3 rings (SSSR count). The van der Waals surface area contributed by atoms with Crippen molar-refractivity contribution < 1.29 is 19.8 Å². The van der Waals surface area contributed by atoms with Gasteiger partial charge >= 0.3 is 0 Å². The highest BCUT2D eigenvalue weighted by Gasteiger charge is 2.53. The molecule has 1 saturated carbocycles. The number of amides is 2. The summed E-state index contributed by atoms with van der Waals surface area (Å²) in [6, 6.07) is 18.6. The Morgan fingerprint density at radius 1 is 0.711 bits per heavy atom. The van der Waals surface area contributed by atoms with Crippen LogP contribution in [-0.2, 0) is 22.4 Å². The van der Waals surface area contributed by atoms with Gasteiger partial charge in [-0.25, -0.2) is 0 Å². The van der Waals surface area contributed by atoms with E-state index in [9.17, 15) is 19.8 Å². The second-order valence-corrected chi connectivity index (χ2v) is 11.0. The van der Waals surface area contributed by atoms with Crippen LogP contribution < -0.4 is 10.6 Å². The third-order valence-corrected chi connectivity index (χ3v) is 9.00. The van der Waals surface area contributed by atoms with Crippen LogP contribution in [0.2, 0.25) is 0 Å². The standard InChI is InChI=1S/C32H46N2O4/c1-5-31(37,6-2)26(22-24-16-11-9-12-17-24)33-28(35)30(20-15-21-30)29(36)34-27(32(38,7-3)8-4)23-25-18-13-10-14-19-25/h9-14,16-19,26-27,37-38H,5-8,15,20-23H2,1-4H3,(H,33,35)(H,34,36)/t26-,27-/m1/s1. The molecule has 1 aliphatic carbocycles. The number of hydrogen-bond donors (Lipinski definition) is 4. The van der Waals surface area contributed by atoms with E-state index >= 15 is 0 Å². The van der Waals surface area contributed by atoms with Crippen LogP contribution in [0.25, 0.3) is 0 Å². The Morgan fingerprint density at radius 3 is 1.32 bits per heavy atom. The molecule has 6 heteroatoms. The SMILES string of the molecule is CCC(O)(CC)[C@@H](Cc1ccccc1)NC(=O)C1(C(=O)N[C@H](Cc2ccccc2)C(O)(CC)CC)CCC1. The van der Waals surface area contributed by atoms with E-state index in [4.69, 9.17) is 0 Å². The van der Waals surface area contributed by atoms with Gasteiger partial charge in [0.05, 0.1) is 23.3 Å². The van der Waals surface area contributed by atoms with E-state index in [0.29, 0.717) is 51.4 Å². The van der Waals surface area contributed by atoms with E-state index in [1.807, 2.05) is 88.4 Å². The van der Waals surface area contributed by atoms with Crippen LogP contribution in [0.15, 0.2) is 60.7 Å². The van der Waals surface area contributed by atoms with E-state index in [2.05, 4.69) is 10.6 Å². The van der Waals surface area contributed by atoms with Gasteiger partial charge in [-0.15, -0.1) is 0 Å². The molecular formula is C32H46N2O4. The average molecular weight is 523 g/mol. The highest BCUT2D eigenvalue weighted by Crippen LogP contribution is 2.42. The van der Waals surface area contributed by atoms with Crippen LogP contribution in [0.5, 0.6) is 0 Å². The largest absolute Gasteiger partial charge is 0.388 e. The van der Waals surface area contributed by atoms with Gasteiger partial charge in [-0.05, 0) is 62.5 Å². The summed E-state index contributed by atoms with van der Waals surface area (Å²) in [5.41, 5.74) is -1.34. The van der Waals surface area contributed by atoms with Crippen LogP contribution in [-0.4, -0.2) is 45.3 Å². The van der Waals surface area contributed by atoms with Crippen molar-refractivity contribution in [3.63, 3.8) is 0 Å². The predicted molar refractivity (Wildman–Crippen MR) is 152 cm³/mol. The Bertz CT molecular complexity index is 948. The first-order valence-electron chi connectivity index (χ1n) is 14.3. The van der Waals surface area contributed by atoms with Crippen LogP contribution in [0.4, 0.5) is 0 Å². The fourth-order valence-corrected chi connectivity index (χ4v) is 5.62. The van der Waals surface area contributed by atoms with Gasteiger partial charge in [-0.3, -0.25) is 9.59 Å². The summed E-state index contributed by atoms with van der Waals surface area (Å²) >= 11 is 0. The van der Waals surface area contributed by atoms with Crippen molar-refractivity contribution in [2.24, 2.45) is 5.41 Å². The van der Waals surface area contributed by atoms with Gasteiger partial charge in [-0.1, -0.05) is 94.8 Å². The second kappa shape index (κ2) is 12.9. The number of carbonyl (C=O) groups is 2. The van der Waals surface area contributed by atoms with Crippen molar-refractivity contribution in [3.8, 4) is 0 Å². The molecule has 0 aromatic heterocycles. The molecule has 4 N–H and O–H groups in total. The summed E-state index contributed by atoms with van der Waals surface area (Å²) in [5.74, 6) is -0.671. The monoisotopic (exact) mass is 522 g/mol. The molecule has 0 saturated heterocycles. The molecule has 2 atom stereocenters. The first-order valence-corrected chi connectivity index (χ1v) is 14.3. The quantitative estimate of drug-likeness (QED) is 0.270. The van der Waals surface area contributed by atoms with Gasteiger partial charge in [0.1, 0.15) is 5.41 Å². The number of nitrogens with one attached hydrogen (secondary N) is 2. The molecule has 2 aromatic rings. The molecule has 0 spiro atoms. The summed E-state index contributed by atoms with van der Waals surface area (Å²) in [4.78, 5) is 27.7. The fourth-order valence-electron chi connectivity index (χ4n) is 5.62. The average Bonchev–Trinajstić information content (AvgIpc) is 2.92. The molecule has 0 bridgehead atoms. The Hall–Kier alpha value is -2.70. The third-order valence-electron chi connectivity index (χ3n) is 9.00. The van der Waals surface area contributed by atoms with Crippen LogP contribution in [0.1, 0.15) is 83.8 Å². The van der Waals surface area contributed by atoms with Crippen molar-refractivity contribution >= 4 is 11.8 Å². The van der Waals surface area contributed by atoms with Crippen LogP contribution in [0, 0.1) is 5.41 Å². The summed E-state index contributed by atoms with van der Waals surface area (Å²) in [5, 5.41) is 29.1. The second-order valence-electron chi connectivity index (χ2n) is 11.0. The summed E-state index contributed by atoms with van der Waals surface area (Å²) in [6.07, 6.45) is 4.58. The van der Waals surface area contributed by atoms with Gasteiger partial charge in [0.2, 0.25) is 11.8 Å². The number of hydrogen-bond acceptors (Lipinski definition) is 4. The first-order chi connectivity index (χ1) is 18.2. The lowest BCUT2D eigenvalue weighted by Crippen LogP contribution is -2.64. The molecule has 1 aliphatic rings. The van der Waals surface area contributed by atoms with Gasteiger partial charge in [-0.2, -0.15) is 0 Å². The maximum Gasteiger partial charge on any atom is 0.236 e. The molecule has 2 aromatic carbocycles. The molecule has 38 heavy (non-hydrogen) atoms. The smallest absolute Gasteiger partial charge is 0.236 e. The van der Waals surface area contributed by atoms with Crippen molar-refractivity contribution in [1.82, 2.24) is 10.6 Å². The first kappa shape index (κ1) is 29.9. The van der Waals surface area contributed by atoms with Crippen LogP contribution in [0.3, 0.4) is 0 Å². The minimum Gasteiger partial charge on any atom is -0.388 e. The Balaban J connectivity index is 1.85. The van der Waals surface area contributed by atoms with E-state index in [1.54, 1.807) is 0 Å². The zero-order chi connectivity index (χ0) is 27.8. The zero-order valence-electron chi connectivity index (χ0n) is 23.5. The molecule has 0 aliphatic heterocycles. The number of carbonyl (C=O) groups excluding carboxylic acids is 2. The number of rotatable bonds is 14. The molecule has 208 valence electrons. The Labute approximate surface area is 228 Å². The van der Waals surface area contributed by atoms with Crippen molar-refractivity contribution in [1.29, 1.82) is 0 Å². The number of aliphatic hydroxyl groups is 2. The lowest BCUT2D eigenvalue weighted by atomic mass is 9.66. The van der Waals surface area contributed by atoms with Gasteiger partial charge in [0.25, 0.3) is 0 Å². The molecular weight excluding hydrogens is 476 g/mol. The molecule has 1 fully saturated rings. The molecule has 0 unspecified atom stereocenters. The van der Waals surface area contributed by atoms with E-state index < -0.39 is 28.7 Å². The molecule has 2 amide bonds. The fraction of sp³-hybridized carbons (Fsp3) is 0.562. The Kier molecular flexibility index (Phi) is 10.1. The maximum absolute atomic E-state index is 13.9. The van der Waals surface area contributed by atoms with E-state index in [0.717, 1.165) is 17.5 Å². The minimum absolute atomic E-state index is 0.336. The summed E-state index contributed by atoms with van der Waals surface area (Å²) < 4.78 is 0. The number of benzene rings is 2. The minimum atomic E-state index is -1.20. The predicted octanol–water partition coefficient (Wildman–Crippen LogP) is 4.71. The highest BCUT2D eigenvalue weighted by atomic mass is 16.3. The summed E-state index contributed by atoms with van der Waals surface area (Å²) in [7, 11) is 0. The Morgan fingerprint density at radius 2 is 1.05 bits per heavy atom. The third kappa shape index (κ3) is 6.47. The molecule has 0 radical (unpaired) electrons. The maximum atomic E-state index is 13.9. The van der Waals surface area contributed by atoms with Crippen molar-refractivity contribution in [2.45, 2.75) is 109 Å². The van der Waals surface area contributed by atoms with Crippen molar-refractivity contribution in [2.75, 3.05) is 0 Å². The van der Waals surface area contributed by atoms with Crippen molar-refractivity contribution in [3.05, 3.63) is 71.8 Å². The lowest BCUT2D eigenvalue weighted by Gasteiger charge is -2.44. The summed E-state index contributed by atoms with van der Waals surface area (Å²) in [6.45, 7) is 7.68. The lowest BCUT2D eigenvalue weighted by molar-refractivity contribution is -0.153. The molecule has 6 nitrogen and oxygen atoms in total. The van der Waals surface area contributed by atoms with Gasteiger partial charge < -0.3 is 20.8 Å². The van der Waals surface area contributed by atoms with E-state index in [1.165, 1.54) is 0 Å².